The maximum absolute atomic E-state index is 11.9. The molecule has 3 N–H and O–H groups in total. The van der Waals surface area contributed by atoms with E-state index in [1.54, 1.807) is 7.11 Å². The van der Waals surface area contributed by atoms with Crippen LogP contribution < -0.4 is 11.1 Å². The molecule has 1 unspecified atom stereocenters. The Morgan fingerprint density at radius 3 is 2.72 bits per heavy atom. The third kappa shape index (κ3) is 5.33. The number of hydrogen-bond donors (Lipinski definition) is 2. The number of rotatable bonds is 7. The fourth-order valence-electron chi connectivity index (χ4n) is 2.28. The molecule has 0 bridgehead atoms. The number of ether oxygens (including phenoxy) is 1. The lowest BCUT2D eigenvalue weighted by Gasteiger charge is -2.32. The number of hydrogen-bond acceptors (Lipinski definition) is 4. The summed E-state index contributed by atoms with van der Waals surface area (Å²) >= 11 is 0. The maximum Gasteiger partial charge on any atom is 0.237 e. The molecule has 1 heterocycles. The van der Waals surface area contributed by atoms with Gasteiger partial charge in [0.2, 0.25) is 5.91 Å². The summed E-state index contributed by atoms with van der Waals surface area (Å²) in [5.41, 5.74) is 5.85. The lowest BCUT2D eigenvalue weighted by molar-refractivity contribution is -0.123. The molecule has 1 aliphatic heterocycles. The quantitative estimate of drug-likeness (QED) is 0.645. The van der Waals surface area contributed by atoms with Crippen molar-refractivity contribution in [3.05, 3.63) is 0 Å². The predicted octanol–water partition coefficient (Wildman–Crippen LogP) is 0.341. The topological polar surface area (TPSA) is 67.6 Å². The van der Waals surface area contributed by atoms with Gasteiger partial charge in [-0.15, -0.1) is 0 Å². The van der Waals surface area contributed by atoms with Crippen LogP contribution in [0.5, 0.6) is 0 Å². The molecule has 1 atom stereocenters. The number of methoxy groups -OCH3 is 1. The monoisotopic (exact) mass is 257 g/mol. The van der Waals surface area contributed by atoms with Crippen molar-refractivity contribution >= 4 is 5.91 Å². The van der Waals surface area contributed by atoms with Crippen LogP contribution in [-0.4, -0.2) is 56.2 Å². The average Bonchev–Trinajstić information content (AvgIpc) is 2.39. The first-order valence-electron chi connectivity index (χ1n) is 6.94. The Bertz CT molecular complexity index is 240. The molecular formula is C13H27N3O2. The molecule has 5 heteroatoms. The van der Waals surface area contributed by atoms with Crippen LogP contribution in [0.25, 0.3) is 0 Å². The van der Waals surface area contributed by atoms with Crippen LogP contribution in [0.4, 0.5) is 0 Å². The van der Waals surface area contributed by atoms with Crippen molar-refractivity contribution in [2.24, 2.45) is 5.73 Å². The highest BCUT2D eigenvalue weighted by Gasteiger charge is 2.21. The molecule has 1 rings (SSSR count). The zero-order valence-electron chi connectivity index (χ0n) is 11.7. The zero-order valence-corrected chi connectivity index (χ0v) is 11.7. The summed E-state index contributed by atoms with van der Waals surface area (Å²) in [5.74, 6) is -0.0129. The van der Waals surface area contributed by atoms with E-state index >= 15 is 0 Å². The summed E-state index contributed by atoms with van der Waals surface area (Å²) < 4.78 is 4.95. The maximum atomic E-state index is 11.9. The lowest BCUT2D eigenvalue weighted by Crippen LogP contribution is -2.49. The second kappa shape index (κ2) is 8.45. The molecule has 106 valence electrons. The van der Waals surface area contributed by atoms with Gasteiger partial charge in [-0.2, -0.15) is 0 Å². The fourth-order valence-corrected chi connectivity index (χ4v) is 2.28. The smallest absolute Gasteiger partial charge is 0.237 e. The van der Waals surface area contributed by atoms with Gasteiger partial charge in [0.15, 0.2) is 0 Å². The number of carbonyl (C=O) groups excluding carboxylic acids is 1. The highest BCUT2D eigenvalue weighted by atomic mass is 16.5. The van der Waals surface area contributed by atoms with Crippen molar-refractivity contribution < 1.29 is 9.53 Å². The molecule has 1 amide bonds. The second-order valence-electron chi connectivity index (χ2n) is 4.96. The van der Waals surface area contributed by atoms with Gasteiger partial charge >= 0.3 is 0 Å². The van der Waals surface area contributed by atoms with Crippen molar-refractivity contribution in [3.63, 3.8) is 0 Å². The van der Waals surface area contributed by atoms with Gasteiger partial charge in [-0.05, 0) is 32.2 Å². The zero-order chi connectivity index (χ0) is 13.4. The third-order valence-electron chi connectivity index (χ3n) is 3.58. The highest BCUT2D eigenvalue weighted by Crippen LogP contribution is 2.10. The Morgan fingerprint density at radius 2 is 2.17 bits per heavy atom. The third-order valence-corrected chi connectivity index (χ3v) is 3.58. The fraction of sp³-hybridized carbons (Fsp3) is 0.923. The van der Waals surface area contributed by atoms with Gasteiger partial charge in [-0.3, -0.25) is 4.79 Å². The molecule has 0 aromatic carbocycles. The highest BCUT2D eigenvalue weighted by molar-refractivity contribution is 5.81. The summed E-state index contributed by atoms with van der Waals surface area (Å²) in [6.07, 6.45) is 3.58. The SMILES string of the molecule is CCN1CCC(NC(=O)C(N)CCCOC)CC1. The van der Waals surface area contributed by atoms with Crippen LogP contribution >= 0.6 is 0 Å². The van der Waals surface area contributed by atoms with Crippen molar-refractivity contribution in [1.82, 2.24) is 10.2 Å². The minimum Gasteiger partial charge on any atom is -0.385 e. The Labute approximate surface area is 110 Å². The molecule has 1 saturated heterocycles. The molecule has 0 aromatic heterocycles. The van der Waals surface area contributed by atoms with Gasteiger partial charge in [-0.1, -0.05) is 6.92 Å². The van der Waals surface area contributed by atoms with Gasteiger partial charge < -0.3 is 20.7 Å². The molecule has 5 nitrogen and oxygen atoms in total. The van der Waals surface area contributed by atoms with Crippen molar-refractivity contribution in [2.45, 2.75) is 44.7 Å². The van der Waals surface area contributed by atoms with E-state index in [9.17, 15) is 4.79 Å². The molecule has 18 heavy (non-hydrogen) atoms. The van der Waals surface area contributed by atoms with E-state index in [1.165, 1.54) is 0 Å². The second-order valence-corrected chi connectivity index (χ2v) is 4.96. The molecule has 0 aromatic rings. The minimum absolute atomic E-state index is 0.0129. The number of carbonyl (C=O) groups is 1. The number of nitrogens with two attached hydrogens (primary N) is 1. The van der Waals surface area contributed by atoms with Gasteiger partial charge in [0.25, 0.3) is 0 Å². The molecule has 0 aliphatic carbocycles. The van der Waals surface area contributed by atoms with E-state index in [2.05, 4.69) is 17.1 Å². The molecule has 0 saturated carbocycles. The number of nitrogens with one attached hydrogen (secondary N) is 1. The van der Waals surface area contributed by atoms with Crippen LogP contribution in [0.1, 0.15) is 32.6 Å². The normalized spacial score (nSPS) is 19.7. The largest absolute Gasteiger partial charge is 0.385 e. The van der Waals surface area contributed by atoms with Crippen LogP contribution in [0, 0.1) is 0 Å². The van der Waals surface area contributed by atoms with Gasteiger partial charge in [0.1, 0.15) is 0 Å². The molecule has 1 fully saturated rings. The Balaban J connectivity index is 2.19. The number of likely N-dealkylation sites (tertiary alicyclic amines) is 1. The minimum atomic E-state index is -0.399. The van der Waals surface area contributed by atoms with Crippen LogP contribution in [0.15, 0.2) is 0 Å². The van der Waals surface area contributed by atoms with Crippen molar-refractivity contribution in [3.8, 4) is 0 Å². The van der Waals surface area contributed by atoms with Crippen molar-refractivity contribution in [2.75, 3.05) is 33.4 Å². The van der Waals surface area contributed by atoms with Crippen LogP contribution in [-0.2, 0) is 9.53 Å². The Kier molecular flexibility index (Phi) is 7.23. The van der Waals surface area contributed by atoms with E-state index in [0.717, 1.165) is 38.9 Å². The lowest BCUT2D eigenvalue weighted by atomic mass is 10.0. The van der Waals surface area contributed by atoms with E-state index < -0.39 is 6.04 Å². The van der Waals surface area contributed by atoms with Gasteiger partial charge in [-0.25, -0.2) is 0 Å². The average molecular weight is 257 g/mol. The molecule has 1 aliphatic rings. The number of amides is 1. The van der Waals surface area contributed by atoms with E-state index in [4.69, 9.17) is 10.5 Å². The van der Waals surface area contributed by atoms with Crippen LogP contribution in [0.2, 0.25) is 0 Å². The van der Waals surface area contributed by atoms with E-state index in [0.29, 0.717) is 19.1 Å². The first-order valence-corrected chi connectivity index (χ1v) is 6.94. The summed E-state index contributed by atoms with van der Waals surface area (Å²) in [6, 6.07) is -0.0990. The van der Waals surface area contributed by atoms with E-state index in [-0.39, 0.29) is 5.91 Å². The standard InChI is InChI=1S/C13H27N3O2/c1-3-16-8-6-11(7-9-16)15-13(17)12(14)5-4-10-18-2/h11-12H,3-10,14H2,1-2H3,(H,15,17). The Morgan fingerprint density at radius 1 is 1.50 bits per heavy atom. The predicted molar refractivity (Wildman–Crippen MR) is 72.4 cm³/mol. The summed E-state index contributed by atoms with van der Waals surface area (Å²) in [5, 5.41) is 3.06. The summed E-state index contributed by atoms with van der Waals surface area (Å²) in [4.78, 5) is 14.3. The Hall–Kier alpha value is -0.650. The molecular weight excluding hydrogens is 230 g/mol. The molecule has 0 spiro atoms. The first kappa shape index (κ1) is 15.4. The number of nitrogens with zero attached hydrogens (tertiary/aromatic N) is 1. The summed E-state index contributed by atoms with van der Waals surface area (Å²) in [7, 11) is 1.66. The van der Waals surface area contributed by atoms with Crippen LogP contribution in [0.3, 0.4) is 0 Å². The summed E-state index contributed by atoms with van der Waals surface area (Å²) in [6.45, 7) is 6.07. The number of piperidine rings is 1. The van der Waals surface area contributed by atoms with E-state index in [1.807, 2.05) is 0 Å². The van der Waals surface area contributed by atoms with Gasteiger partial charge in [0, 0.05) is 32.8 Å². The van der Waals surface area contributed by atoms with Gasteiger partial charge in [0.05, 0.1) is 6.04 Å². The molecule has 0 radical (unpaired) electrons. The van der Waals surface area contributed by atoms with Crippen molar-refractivity contribution in [1.29, 1.82) is 0 Å². The first-order chi connectivity index (χ1) is 8.67.